The van der Waals surface area contributed by atoms with Gasteiger partial charge in [-0.3, -0.25) is 20.2 Å². The predicted octanol–water partition coefficient (Wildman–Crippen LogP) is 5.07. The number of carbonyl (C=O) groups is 1. The molecule has 0 saturated heterocycles. The van der Waals surface area contributed by atoms with Crippen molar-refractivity contribution in [2.45, 2.75) is 6.92 Å². The van der Waals surface area contributed by atoms with Crippen molar-refractivity contribution in [2.75, 3.05) is 5.32 Å². The van der Waals surface area contributed by atoms with Crippen LogP contribution in [0.5, 0.6) is 0 Å². The van der Waals surface area contributed by atoms with Gasteiger partial charge in [0.15, 0.2) is 5.13 Å². The van der Waals surface area contributed by atoms with Crippen LogP contribution in [0, 0.1) is 22.9 Å². The average Bonchev–Trinajstić information content (AvgIpc) is 2.96. The first-order chi connectivity index (χ1) is 12.3. The Balaban J connectivity index is 1.87. The van der Waals surface area contributed by atoms with E-state index in [1.165, 1.54) is 35.6 Å². The van der Waals surface area contributed by atoms with Crippen molar-refractivity contribution in [3.8, 4) is 11.3 Å². The molecule has 3 aromatic rings. The zero-order chi connectivity index (χ0) is 18.8. The fourth-order valence-electron chi connectivity index (χ4n) is 2.29. The van der Waals surface area contributed by atoms with Gasteiger partial charge in [-0.2, -0.15) is 0 Å². The monoisotopic (exact) mass is 391 g/mol. The van der Waals surface area contributed by atoms with Gasteiger partial charge in [0.05, 0.1) is 21.2 Å². The highest BCUT2D eigenvalue weighted by Crippen LogP contribution is 2.31. The number of hydrogen-bond acceptors (Lipinski definition) is 5. The van der Waals surface area contributed by atoms with Gasteiger partial charge in [-0.15, -0.1) is 11.3 Å². The second-order valence-corrected chi connectivity index (χ2v) is 6.92. The van der Waals surface area contributed by atoms with Gasteiger partial charge in [0.2, 0.25) is 0 Å². The van der Waals surface area contributed by atoms with Gasteiger partial charge in [0, 0.05) is 22.6 Å². The molecule has 0 unspecified atom stereocenters. The van der Waals surface area contributed by atoms with Crippen LogP contribution in [0.2, 0.25) is 5.02 Å². The van der Waals surface area contributed by atoms with Gasteiger partial charge in [0.25, 0.3) is 11.6 Å². The van der Waals surface area contributed by atoms with E-state index in [2.05, 4.69) is 10.3 Å². The highest BCUT2D eigenvalue weighted by atomic mass is 35.5. The van der Waals surface area contributed by atoms with E-state index in [-0.39, 0.29) is 22.1 Å². The molecule has 0 aliphatic heterocycles. The first-order valence-electron chi connectivity index (χ1n) is 7.34. The molecule has 0 aliphatic rings. The number of rotatable bonds is 4. The van der Waals surface area contributed by atoms with Crippen molar-refractivity contribution in [1.29, 1.82) is 0 Å². The summed E-state index contributed by atoms with van der Waals surface area (Å²) in [6.07, 6.45) is 0. The summed E-state index contributed by atoms with van der Waals surface area (Å²) in [5, 5.41) is 13.9. The smallest absolute Gasteiger partial charge is 0.270 e. The first-order valence-corrected chi connectivity index (χ1v) is 8.53. The molecule has 1 amide bonds. The van der Waals surface area contributed by atoms with Gasteiger partial charge in [-0.05, 0) is 37.3 Å². The molecule has 3 rings (SSSR count). The van der Waals surface area contributed by atoms with Crippen molar-refractivity contribution in [3.05, 3.63) is 73.9 Å². The summed E-state index contributed by atoms with van der Waals surface area (Å²) in [7, 11) is 0. The fraction of sp³-hybridized carbons (Fsp3) is 0.0588. The summed E-state index contributed by atoms with van der Waals surface area (Å²) in [5.41, 5.74) is 1.09. The Morgan fingerprint density at radius 3 is 2.62 bits per heavy atom. The topological polar surface area (TPSA) is 85.1 Å². The number of non-ortho nitro benzene ring substituents is 1. The lowest BCUT2D eigenvalue weighted by Gasteiger charge is -2.04. The lowest BCUT2D eigenvalue weighted by atomic mass is 10.1. The average molecular weight is 392 g/mol. The molecule has 0 spiro atoms. The standard InChI is InChI=1S/C17H11ClFN3O3S/c1-9-15(10-2-4-11(19)5-3-10)20-17(26-9)21-16(23)13-8-12(22(24)25)6-7-14(13)18/h2-8H,1H3,(H,20,21,23). The molecular weight excluding hydrogens is 381 g/mol. The number of aromatic nitrogens is 1. The Kier molecular flexibility index (Phi) is 4.97. The molecule has 0 radical (unpaired) electrons. The normalized spacial score (nSPS) is 10.6. The largest absolute Gasteiger partial charge is 0.298 e. The molecule has 6 nitrogen and oxygen atoms in total. The quantitative estimate of drug-likeness (QED) is 0.497. The molecule has 0 aliphatic carbocycles. The summed E-state index contributed by atoms with van der Waals surface area (Å²) < 4.78 is 13.1. The van der Waals surface area contributed by atoms with E-state index in [4.69, 9.17) is 11.6 Å². The third-order valence-corrected chi connectivity index (χ3v) is 4.76. The first kappa shape index (κ1) is 18.0. The van der Waals surface area contributed by atoms with Crippen LogP contribution < -0.4 is 5.32 Å². The molecule has 0 bridgehead atoms. The molecule has 132 valence electrons. The molecule has 0 atom stereocenters. The Labute approximate surface area is 156 Å². The number of amides is 1. The second-order valence-electron chi connectivity index (χ2n) is 5.31. The van der Waals surface area contributed by atoms with Crippen LogP contribution in [0.1, 0.15) is 15.2 Å². The van der Waals surface area contributed by atoms with Crippen LogP contribution in [0.3, 0.4) is 0 Å². The van der Waals surface area contributed by atoms with E-state index in [1.54, 1.807) is 12.1 Å². The van der Waals surface area contributed by atoms with E-state index in [9.17, 15) is 19.3 Å². The zero-order valence-corrected chi connectivity index (χ0v) is 14.9. The molecule has 1 heterocycles. The number of nitrogens with one attached hydrogen (secondary N) is 1. The number of aryl methyl sites for hydroxylation is 1. The van der Waals surface area contributed by atoms with Crippen LogP contribution in [-0.4, -0.2) is 15.8 Å². The number of nitro groups is 1. The van der Waals surface area contributed by atoms with Crippen LogP contribution >= 0.6 is 22.9 Å². The molecule has 26 heavy (non-hydrogen) atoms. The number of thiazole rings is 1. The summed E-state index contributed by atoms with van der Waals surface area (Å²) in [6.45, 7) is 1.83. The van der Waals surface area contributed by atoms with E-state index in [0.29, 0.717) is 16.4 Å². The second kappa shape index (κ2) is 7.19. The van der Waals surface area contributed by atoms with Crippen molar-refractivity contribution in [3.63, 3.8) is 0 Å². The van der Waals surface area contributed by atoms with E-state index in [1.807, 2.05) is 6.92 Å². The Bertz CT molecular complexity index is 1000. The Morgan fingerprint density at radius 1 is 1.27 bits per heavy atom. The third kappa shape index (κ3) is 3.71. The number of hydrogen-bond donors (Lipinski definition) is 1. The summed E-state index contributed by atoms with van der Waals surface area (Å²) in [5.74, 6) is -0.950. The molecule has 0 saturated carbocycles. The number of anilines is 1. The number of carbonyl (C=O) groups excluding carboxylic acids is 1. The molecule has 1 aromatic heterocycles. The molecule has 9 heteroatoms. The predicted molar refractivity (Wildman–Crippen MR) is 98.3 cm³/mol. The van der Waals surface area contributed by atoms with Crippen LogP contribution in [0.4, 0.5) is 15.2 Å². The summed E-state index contributed by atoms with van der Waals surface area (Å²) in [4.78, 5) is 27.9. The van der Waals surface area contributed by atoms with Crippen molar-refractivity contribution < 1.29 is 14.1 Å². The Morgan fingerprint density at radius 2 is 1.96 bits per heavy atom. The minimum atomic E-state index is -0.604. The molecule has 1 N–H and O–H groups in total. The number of benzene rings is 2. The van der Waals surface area contributed by atoms with Crippen molar-refractivity contribution >= 4 is 39.7 Å². The van der Waals surface area contributed by atoms with Crippen LogP contribution in [-0.2, 0) is 0 Å². The van der Waals surface area contributed by atoms with E-state index >= 15 is 0 Å². The van der Waals surface area contributed by atoms with Crippen LogP contribution in [0.25, 0.3) is 11.3 Å². The van der Waals surface area contributed by atoms with Gasteiger partial charge in [0.1, 0.15) is 5.82 Å². The minimum absolute atomic E-state index is 0.0166. The highest BCUT2D eigenvalue weighted by Gasteiger charge is 2.18. The molecular formula is C17H11ClFN3O3S. The molecule has 2 aromatic carbocycles. The van der Waals surface area contributed by atoms with Gasteiger partial charge < -0.3 is 0 Å². The SMILES string of the molecule is Cc1sc(NC(=O)c2cc([N+](=O)[O-])ccc2Cl)nc1-c1ccc(F)cc1. The van der Waals surface area contributed by atoms with Gasteiger partial charge >= 0.3 is 0 Å². The van der Waals surface area contributed by atoms with Gasteiger partial charge in [-0.1, -0.05) is 11.6 Å². The maximum Gasteiger partial charge on any atom is 0.270 e. The summed E-state index contributed by atoms with van der Waals surface area (Å²) >= 11 is 7.21. The summed E-state index contributed by atoms with van der Waals surface area (Å²) in [6, 6.07) is 9.48. The number of halogens is 2. The lowest BCUT2D eigenvalue weighted by molar-refractivity contribution is -0.384. The van der Waals surface area contributed by atoms with Crippen LogP contribution in [0.15, 0.2) is 42.5 Å². The highest BCUT2D eigenvalue weighted by molar-refractivity contribution is 7.16. The third-order valence-electron chi connectivity index (χ3n) is 3.54. The number of nitro benzene ring substituents is 1. The van der Waals surface area contributed by atoms with Crippen molar-refractivity contribution in [1.82, 2.24) is 4.98 Å². The number of nitrogens with zero attached hydrogens (tertiary/aromatic N) is 2. The lowest BCUT2D eigenvalue weighted by Crippen LogP contribution is -2.12. The van der Waals surface area contributed by atoms with Crippen molar-refractivity contribution in [2.24, 2.45) is 0 Å². The maximum absolute atomic E-state index is 13.1. The van der Waals surface area contributed by atoms with E-state index in [0.717, 1.165) is 10.9 Å². The van der Waals surface area contributed by atoms with Gasteiger partial charge in [-0.25, -0.2) is 9.37 Å². The fourth-order valence-corrected chi connectivity index (χ4v) is 3.32. The maximum atomic E-state index is 13.1. The zero-order valence-electron chi connectivity index (χ0n) is 13.3. The minimum Gasteiger partial charge on any atom is -0.298 e. The molecule has 0 fully saturated rings. The Hall–Kier alpha value is -2.84. The van der Waals surface area contributed by atoms with E-state index < -0.39 is 10.8 Å².